The number of piperazine rings is 1. The molecule has 0 N–H and O–H groups in total. The molecular weight excluding hydrogens is 391 g/mol. The first kappa shape index (κ1) is 19.6. The molecule has 2 aromatic carbocycles. The molecule has 1 aliphatic heterocycles. The second-order valence-electron chi connectivity index (χ2n) is 7.17. The number of hydrogen-bond donors (Lipinski definition) is 0. The molecule has 0 radical (unpaired) electrons. The maximum atomic E-state index is 13.4. The second-order valence-corrected chi connectivity index (χ2v) is 7.61. The average Bonchev–Trinajstić information content (AvgIpc) is 2.70. The predicted molar refractivity (Wildman–Crippen MR) is 112 cm³/mol. The van der Waals surface area contributed by atoms with E-state index < -0.39 is 0 Å². The highest BCUT2D eigenvalue weighted by molar-refractivity contribution is 6.30. The van der Waals surface area contributed by atoms with Gasteiger partial charge in [-0.05, 0) is 36.8 Å². The van der Waals surface area contributed by atoms with Crippen molar-refractivity contribution in [3.05, 3.63) is 77.3 Å². The first-order chi connectivity index (χ1) is 14.1. The van der Waals surface area contributed by atoms with E-state index in [-0.39, 0.29) is 5.82 Å². The summed E-state index contributed by atoms with van der Waals surface area (Å²) in [5.74, 6) is 1.27. The van der Waals surface area contributed by atoms with Crippen molar-refractivity contribution in [1.29, 1.82) is 0 Å². The standard InChI is InChI=1S/C22H22ClFN4O/c1-16-13-28(9-8-27(16)14-17-4-2-5-18(23)10-17)21-12-22(26-15-25-21)29-20-7-3-6-19(24)11-20/h2-7,10-12,15-16H,8-9,13-14H2,1H3. The van der Waals surface area contributed by atoms with Crippen LogP contribution in [0.1, 0.15) is 12.5 Å². The third-order valence-corrected chi connectivity index (χ3v) is 5.24. The van der Waals surface area contributed by atoms with Crippen LogP contribution in [0.5, 0.6) is 11.6 Å². The maximum absolute atomic E-state index is 13.4. The number of rotatable bonds is 5. The lowest BCUT2D eigenvalue weighted by atomic mass is 10.1. The Kier molecular flexibility index (Phi) is 5.92. The van der Waals surface area contributed by atoms with Gasteiger partial charge in [-0.15, -0.1) is 0 Å². The smallest absolute Gasteiger partial charge is 0.224 e. The van der Waals surface area contributed by atoms with E-state index in [0.29, 0.717) is 17.7 Å². The quantitative estimate of drug-likeness (QED) is 0.603. The van der Waals surface area contributed by atoms with Crippen LogP contribution >= 0.6 is 11.6 Å². The van der Waals surface area contributed by atoms with Crippen molar-refractivity contribution in [2.75, 3.05) is 24.5 Å². The normalized spacial score (nSPS) is 17.3. The van der Waals surface area contributed by atoms with Gasteiger partial charge in [0.1, 0.15) is 23.7 Å². The SMILES string of the molecule is CC1CN(c2cc(Oc3cccc(F)c3)ncn2)CCN1Cc1cccc(Cl)c1. The Morgan fingerprint density at radius 2 is 1.97 bits per heavy atom. The molecule has 150 valence electrons. The summed E-state index contributed by atoms with van der Waals surface area (Å²) in [7, 11) is 0. The fourth-order valence-corrected chi connectivity index (χ4v) is 3.73. The molecule has 1 aliphatic rings. The lowest BCUT2D eigenvalue weighted by Crippen LogP contribution is -2.51. The van der Waals surface area contributed by atoms with Gasteiger partial charge >= 0.3 is 0 Å². The fourth-order valence-electron chi connectivity index (χ4n) is 3.52. The first-order valence-corrected chi connectivity index (χ1v) is 9.93. The largest absolute Gasteiger partial charge is 0.439 e. The fraction of sp³-hybridized carbons (Fsp3) is 0.273. The molecule has 29 heavy (non-hydrogen) atoms. The Labute approximate surface area is 174 Å². The van der Waals surface area contributed by atoms with Gasteiger partial charge in [-0.2, -0.15) is 0 Å². The minimum atomic E-state index is -0.346. The Hall–Kier alpha value is -2.70. The van der Waals surface area contributed by atoms with Crippen molar-refractivity contribution in [3.63, 3.8) is 0 Å². The molecule has 4 rings (SSSR count). The zero-order valence-electron chi connectivity index (χ0n) is 16.1. The highest BCUT2D eigenvalue weighted by atomic mass is 35.5. The van der Waals surface area contributed by atoms with Gasteiger partial charge in [-0.3, -0.25) is 4.90 Å². The van der Waals surface area contributed by atoms with E-state index in [9.17, 15) is 4.39 Å². The van der Waals surface area contributed by atoms with E-state index in [1.165, 1.54) is 24.0 Å². The zero-order chi connectivity index (χ0) is 20.2. The summed E-state index contributed by atoms with van der Waals surface area (Å²) in [4.78, 5) is 13.2. The molecular formula is C22H22ClFN4O. The predicted octanol–water partition coefficient (Wildman–Crippen LogP) is 4.77. The minimum Gasteiger partial charge on any atom is -0.439 e. The van der Waals surface area contributed by atoms with Crippen LogP contribution in [0.3, 0.4) is 0 Å². The molecule has 0 saturated carbocycles. The van der Waals surface area contributed by atoms with E-state index in [1.54, 1.807) is 18.2 Å². The second kappa shape index (κ2) is 8.76. The summed E-state index contributed by atoms with van der Waals surface area (Å²) in [6, 6.07) is 16.2. The first-order valence-electron chi connectivity index (χ1n) is 9.56. The Bertz CT molecular complexity index is 986. The van der Waals surface area contributed by atoms with Gasteiger partial charge < -0.3 is 9.64 Å². The van der Waals surface area contributed by atoms with Gasteiger partial charge in [0.15, 0.2) is 0 Å². The van der Waals surface area contributed by atoms with Crippen LogP contribution in [0.2, 0.25) is 5.02 Å². The number of nitrogens with zero attached hydrogens (tertiary/aromatic N) is 4. The Morgan fingerprint density at radius 3 is 2.76 bits per heavy atom. The molecule has 7 heteroatoms. The zero-order valence-corrected chi connectivity index (χ0v) is 16.9. The van der Waals surface area contributed by atoms with Crippen molar-refractivity contribution in [1.82, 2.24) is 14.9 Å². The number of benzene rings is 2. The van der Waals surface area contributed by atoms with Gasteiger partial charge in [-0.1, -0.05) is 29.8 Å². The summed E-state index contributed by atoms with van der Waals surface area (Å²) >= 11 is 6.11. The minimum absolute atomic E-state index is 0.346. The Balaban J connectivity index is 1.41. The van der Waals surface area contributed by atoms with Crippen molar-refractivity contribution in [3.8, 4) is 11.6 Å². The van der Waals surface area contributed by atoms with Gasteiger partial charge in [-0.25, -0.2) is 14.4 Å². The molecule has 0 aliphatic carbocycles. The van der Waals surface area contributed by atoms with E-state index in [2.05, 4.69) is 32.8 Å². The number of anilines is 1. The molecule has 2 heterocycles. The van der Waals surface area contributed by atoms with Gasteiger partial charge in [0.2, 0.25) is 5.88 Å². The van der Waals surface area contributed by atoms with Gasteiger partial charge in [0.05, 0.1) is 0 Å². The number of hydrogen-bond acceptors (Lipinski definition) is 5. The van der Waals surface area contributed by atoms with E-state index in [1.807, 2.05) is 18.2 Å². The van der Waals surface area contributed by atoms with Crippen molar-refractivity contribution in [2.45, 2.75) is 19.5 Å². The van der Waals surface area contributed by atoms with Crippen LogP contribution in [-0.2, 0) is 6.54 Å². The molecule has 1 aromatic heterocycles. The summed E-state index contributed by atoms with van der Waals surface area (Å²) in [5, 5.41) is 0.764. The monoisotopic (exact) mass is 412 g/mol. The number of halogens is 2. The van der Waals surface area contributed by atoms with E-state index >= 15 is 0 Å². The lowest BCUT2D eigenvalue weighted by molar-refractivity contribution is 0.180. The molecule has 1 fully saturated rings. The molecule has 1 saturated heterocycles. The number of ether oxygens (including phenoxy) is 1. The lowest BCUT2D eigenvalue weighted by Gasteiger charge is -2.40. The van der Waals surface area contributed by atoms with Crippen molar-refractivity contribution in [2.24, 2.45) is 0 Å². The highest BCUT2D eigenvalue weighted by Crippen LogP contribution is 2.25. The van der Waals surface area contributed by atoms with E-state index in [4.69, 9.17) is 16.3 Å². The molecule has 0 spiro atoms. The molecule has 1 atom stereocenters. The van der Waals surface area contributed by atoms with Crippen LogP contribution in [0.25, 0.3) is 0 Å². The third kappa shape index (κ3) is 5.02. The molecule has 0 bridgehead atoms. The maximum Gasteiger partial charge on any atom is 0.224 e. The molecule has 1 unspecified atom stereocenters. The molecule has 0 amide bonds. The van der Waals surface area contributed by atoms with Crippen LogP contribution < -0.4 is 9.64 Å². The molecule has 5 nitrogen and oxygen atoms in total. The summed E-state index contributed by atoms with van der Waals surface area (Å²) in [5.41, 5.74) is 1.21. The van der Waals surface area contributed by atoms with Gasteiger partial charge in [0.25, 0.3) is 0 Å². The number of aromatic nitrogens is 2. The van der Waals surface area contributed by atoms with Crippen molar-refractivity contribution < 1.29 is 9.13 Å². The topological polar surface area (TPSA) is 41.5 Å². The van der Waals surface area contributed by atoms with Gasteiger partial charge in [0, 0.05) is 49.4 Å². The summed E-state index contributed by atoms with van der Waals surface area (Å²) < 4.78 is 19.1. The van der Waals surface area contributed by atoms with Crippen LogP contribution in [-0.4, -0.2) is 40.5 Å². The van der Waals surface area contributed by atoms with Crippen LogP contribution in [0.15, 0.2) is 60.9 Å². The molecule has 3 aromatic rings. The highest BCUT2D eigenvalue weighted by Gasteiger charge is 2.25. The van der Waals surface area contributed by atoms with Crippen molar-refractivity contribution >= 4 is 17.4 Å². The summed E-state index contributed by atoms with van der Waals surface area (Å²) in [6.45, 7) is 5.69. The third-order valence-electron chi connectivity index (χ3n) is 5.01. The summed E-state index contributed by atoms with van der Waals surface area (Å²) in [6.07, 6.45) is 1.48. The van der Waals surface area contributed by atoms with Crippen LogP contribution in [0.4, 0.5) is 10.2 Å². The van der Waals surface area contributed by atoms with E-state index in [0.717, 1.165) is 37.0 Å². The average molecular weight is 413 g/mol. The van der Waals surface area contributed by atoms with Crippen LogP contribution in [0, 0.1) is 5.82 Å². The Morgan fingerprint density at radius 1 is 1.10 bits per heavy atom.